The van der Waals surface area contributed by atoms with E-state index in [2.05, 4.69) is 44.2 Å². The van der Waals surface area contributed by atoms with Gasteiger partial charge in [-0.15, -0.1) is 0 Å². The van der Waals surface area contributed by atoms with E-state index in [1.165, 1.54) is 22.5 Å². The molecule has 2 aliphatic heterocycles. The Kier molecular flexibility index (Phi) is 5.85. The summed E-state index contributed by atoms with van der Waals surface area (Å²) in [5.41, 5.74) is 7.86. The molecule has 1 aromatic carbocycles. The second kappa shape index (κ2) is 9.08. The maximum atomic E-state index is 5.63. The Morgan fingerprint density at radius 2 is 0.875 bits per heavy atom. The zero-order chi connectivity index (χ0) is 21.9. The predicted octanol–water partition coefficient (Wildman–Crippen LogP) is 6.17. The number of nitrogens with zero attached hydrogens (tertiary/aromatic N) is 2. The van der Waals surface area contributed by atoms with Crippen LogP contribution in [0.2, 0.25) is 5.02 Å². The number of H-pyrrole nitrogens is 2. The maximum absolute atomic E-state index is 5.63. The minimum atomic E-state index is 0.821. The molecule has 0 saturated heterocycles. The van der Waals surface area contributed by atoms with Crippen molar-refractivity contribution in [3.63, 3.8) is 0 Å². The van der Waals surface area contributed by atoms with Gasteiger partial charge in [-0.2, -0.15) is 0 Å². The summed E-state index contributed by atoms with van der Waals surface area (Å²) in [4.78, 5) is 16.0. The number of nitrogens with one attached hydrogen (secondary N) is 2. The van der Waals surface area contributed by atoms with Crippen LogP contribution in [-0.4, -0.2) is 19.9 Å². The van der Waals surface area contributed by atoms with Crippen molar-refractivity contribution in [3.8, 4) is 0 Å². The van der Waals surface area contributed by atoms with Crippen molar-refractivity contribution in [1.82, 2.24) is 19.9 Å². The van der Waals surface area contributed by atoms with Crippen molar-refractivity contribution in [3.05, 3.63) is 101 Å². The van der Waals surface area contributed by atoms with Gasteiger partial charge in [0.05, 0.1) is 22.8 Å². The summed E-state index contributed by atoms with van der Waals surface area (Å²) in [6.07, 6.45) is 8.09. The van der Waals surface area contributed by atoms with Gasteiger partial charge in [0.2, 0.25) is 0 Å². The van der Waals surface area contributed by atoms with E-state index < -0.39 is 0 Å². The molecule has 151 valence electrons. The molecule has 0 saturated carbocycles. The number of halogens is 1. The average Bonchev–Trinajstić information content (AvgIpc) is 3.57. The van der Waals surface area contributed by atoms with Gasteiger partial charge in [-0.3, -0.25) is 0 Å². The molecule has 6 heteroatoms. The molecule has 0 spiro atoms. The second-order valence-corrected chi connectivity index (χ2v) is 9.68. The topological polar surface area (TPSA) is 57.4 Å². The number of aromatic nitrogens is 4. The summed E-state index contributed by atoms with van der Waals surface area (Å²) in [6.45, 7) is 0. The van der Waals surface area contributed by atoms with Crippen LogP contribution in [0, 0.1) is 0 Å². The van der Waals surface area contributed by atoms with E-state index in [0.29, 0.717) is 0 Å². The van der Waals surface area contributed by atoms with Crippen molar-refractivity contribution < 1.29 is 18.3 Å². The summed E-state index contributed by atoms with van der Waals surface area (Å²) < 4.78 is 1.37. The predicted molar refractivity (Wildman–Crippen MR) is 130 cm³/mol. The molecule has 2 N–H and O–H groups in total. The molecular weight excluding hydrogens is 469 g/mol. The van der Waals surface area contributed by atoms with Crippen molar-refractivity contribution >= 4 is 62.1 Å². The van der Waals surface area contributed by atoms with Crippen LogP contribution in [0.1, 0.15) is 22.8 Å². The molecule has 4 nitrogen and oxygen atoms in total. The molecule has 6 rings (SSSR count). The Morgan fingerprint density at radius 3 is 1.19 bits per heavy atom. The van der Waals surface area contributed by atoms with E-state index in [9.17, 15) is 0 Å². The molecule has 0 atom stereocenters. The van der Waals surface area contributed by atoms with Crippen LogP contribution >= 0.6 is 11.6 Å². The van der Waals surface area contributed by atoms with Crippen molar-refractivity contribution in [2.75, 3.05) is 0 Å². The molecule has 0 radical (unpaired) electrons. The summed E-state index contributed by atoms with van der Waals surface area (Å²) >= 11 is 6.83. The van der Waals surface area contributed by atoms with Crippen LogP contribution in [0.5, 0.6) is 0 Å². The third-order valence-electron chi connectivity index (χ3n) is 4.96. The quantitative estimate of drug-likeness (QED) is 0.252. The van der Waals surface area contributed by atoms with Crippen molar-refractivity contribution in [2.24, 2.45) is 0 Å². The standard InChI is InChI=1S/C20H14N4.C6H4Cl.Zn/c1-2-14-10-16-5-6-18(23-16)12-20-8-7-19(24-20)11-17-4-3-15(22-17)9-13(1)21-14;7-6-4-2-1-3-5-6;/h1-12,21,24H;2-5H;. The molecule has 4 aromatic rings. The van der Waals surface area contributed by atoms with Gasteiger partial charge in [-0.25, -0.2) is 9.97 Å². The zero-order valence-corrected chi connectivity index (χ0v) is 20.9. The van der Waals surface area contributed by atoms with Gasteiger partial charge in [0, 0.05) is 22.1 Å². The van der Waals surface area contributed by atoms with Gasteiger partial charge in [0.15, 0.2) is 0 Å². The molecule has 5 heterocycles. The van der Waals surface area contributed by atoms with Crippen LogP contribution in [-0.2, 0) is 18.3 Å². The zero-order valence-electron chi connectivity index (χ0n) is 17.2. The van der Waals surface area contributed by atoms with E-state index in [1.54, 1.807) is 0 Å². The summed E-state index contributed by atoms with van der Waals surface area (Å²) in [5.74, 6) is 0. The van der Waals surface area contributed by atoms with Gasteiger partial charge < -0.3 is 9.97 Å². The number of fused-ring (bicyclic) bond motifs is 8. The Hall–Kier alpha value is -3.27. The van der Waals surface area contributed by atoms with Crippen LogP contribution in [0.4, 0.5) is 0 Å². The molecule has 0 fully saturated rings. The van der Waals surface area contributed by atoms with Gasteiger partial charge in [0.25, 0.3) is 0 Å². The van der Waals surface area contributed by atoms with Crippen LogP contribution in [0.15, 0.2) is 72.8 Å². The Balaban J connectivity index is 0.000000230. The molecule has 3 aromatic heterocycles. The van der Waals surface area contributed by atoms with E-state index >= 15 is 0 Å². The average molecular weight is 487 g/mol. The van der Waals surface area contributed by atoms with E-state index in [4.69, 9.17) is 11.6 Å². The Morgan fingerprint density at radius 1 is 0.531 bits per heavy atom. The van der Waals surface area contributed by atoms with E-state index in [0.717, 1.165) is 49.9 Å². The van der Waals surface area contributed by atoms with Crippen LogP contribution in [0.25, 0.3) is 46.4 Å². The molecule has 8 bridgehead atoms. The third kappa shape index (κ3) is 5.13. The Labute approximate surface area is 200 Å². The third-order valence-corrected chi connectivity index (χ3v) is 6.20. The van der Waals surface area contributed by atoms with Gasteiger partial charge in [0.1, 0.15) is 0 Å². The molecule has 0 aliphatic carbocycles. The fourth-order valence-corrected chi connectivity index (χ4v) is 4.05. The van der Waals surface area contributed by atoms with Crippen LogP contribution < -0.4 is 4.16 Å². The Bertz CT molecular complexity index is 1300. The van der Waals surface area contributed by atoms with Crippen molar-refractivity contribution in [2.45, 2.75) is 0 Å². The number of aromatic amines is 2. The second-order valence-electron chi connectivity index (χ2n) is 7.53. The minimum absolute atomic E-state index is 0.821. The molecular formula is C26H18ClN4Zn. The molecule has 0 amide bonds. The number of benzene rings is 1. The monoisotopic (exact) mass is 485 g/mol. The fourth-order valence-electron chi connectivity index (χ4n) is 3.43. The van der Waals surface area contributed by atoms with E-state index in [1.807, 2.05) is 72.8 Å². The first-order valence-electron chi connectivity index (χ1n) is 10.2. The van der Waals surface area contributed by atoms with Gasteiger partial charge in [-0.1, -0.05) is 0 Å². The summed E-state index contributed by atoms with van der Waals surface area (Å²) in [5, 5.41) is 0.821. The molecule has 2 aliphatic rings. The number of hydrogen-bond donors (Lipinski definition) is 2. The van der Waals surface area contributed by atoms with E-state index in [-0.39, 0.29) is 0 Å². The summed E-state index contributed by atoms with van der Waals surface area (Å²) in [7, 11) is 0. The molecule has 32 heavy (non-hydrogen) atoms. The normalized spacial score (nSPS) is 11.8. The van der Waals surface area contributed by atoms with Gasteiger partial charge >= 0.3 is 63.3 Å². The van der Waals surface area contributed by atoms with Gasteiger partial charge in [-0.05, 0) is 72.8 Å². The SMILES string of the molecule is C1=Cc2cc3ccc(cc4nc(cc5ccc(cc1n2)[nH]5)C=C4)[nH]3.Clc1cc[c]([Zn])cc1. The van der Waals surface area contributed by atoms with Crippen LogP contribution in [0.3, 0.4) is 0 Å². The first-order chi connectivity index (χ1) is 15.6. The first-order valence-corrected chi connectivity index (χ1v) is 12.1. The first kappa shape index (κ1) is 20.6. The summed E-state index contributed by atoms with van der Waals surface area (Å²) in [6, 6.07) is 24.3. The fraction of sp³-hybridized carbons (Fsp3) is 0. The number of rotatable bonds is 0. The molecule has 0 unspecified atom stereocenters. The number of hydrogen-bond acceptors (Lipinski definition) is 2. The van der Waals surface area contributed by atoms with Crippen molar-refractivity contribution in [1.29, 1.82) is 0 Å².